The minimum absolute atomic E-state index is 0.338. The van der Waals surface area contributed by atoms with Gasteiger partial charge in [-0.1, -0.05) is 51.1 Å². The molecule has 0 spiro atoms. The monoisotopic (exact) mass is 260 g/mol. The zero-order valence-corrected chi connectivity index (χ0v) is 12.8. The summed E-state index contributed by atoms with van der Waals surface area (Å²) < 4.78 is 0. The van der Waals surface area contributed by atoms with E-state index in [4.69, 9.17) is 0 Å². The van der Waals surface area contributed by atoms with E-state index in [2.05, 4.69) is 68.2 Å². The summed E-state index contributed by atoms with van der Waals surface area (Å²) >= 11 is 0. The van der Waals surface area contributed by atoms with E-state index in [0.717, 1.165) is 19.5 Å². The van der Waals surface area contributed by atoms with E-state index < -0.39 is 0 Å². The summed E-state index contributed by atoms with van der Waals surface area (Å²) in [7, 11) is 0. The van der Waals surface area contributed by atoms with Gasteiger partial charge in [0.05, 0.1) is 0 Å². The lowest BCUT2D eigenvalue weighted by Crippen LogP contribution is -2.59. The van der Waals surface area contributed by atoms with Crippen molar-refractivity contribution in [2.45, 2.75) is 46.2 Å². The maximum absolute atomic E-state index is 3.70. The third kappa shape index (κ3) is 4.05. The Morgan fingerprint density at radius 1 is 1.21 bits per heavy atom. The van der Waals surface area contributed by atoms with Gasteiger partial charge in [0.1, 0.15) is 0 Å². The molecular weight excluding hydrogens is 232 g/mol. The highest BCUT2D eigenvalue weighted by Crippen LogP contribution is 2.23. The van der Waals surface area contributed by atoms with Gasteiger partial charge in [-0.05, 0) is 24.3 Å². The van der Waals surface area contributed by atoms with Crippen molar-refractivity contribution in [3.8, 4) is 0 Å². The Morgan fingerprint density at radius 2 is 1.89 bits per heavy atom. The summed E-state index contributed by atoms with van der Waals surface area (Å²) in [6.07, 6.45) is 1.15. The van der Waals surface area contributed by atoms with Gasteiger partial charge in [0.25, 0.3) is 0 Å². The fourth-order valence-electron chi connectivity index (χ4n) is 2.73. The zero-order chi connectivity index (χ0) is 13.9. The largest absolute Gasteiger partial charge is 0.311 e. The summed E-state index contributed by atoms with van der Waals surface area (Å²) in [6, 6.07) is 12.1. The molecule has 1 fully saturated rings. The van der Waals surface area contributed by atoms with Crippen molar-refractivity contribution in [2.24, 2.45) is 5.41 Å². The first kappa shape index (κ1) is 14.5. The quantitative estimate of drug-likeness (QED) is 0.899. The molecule has 0 aliphatic carbocycles. The maximum Gasteiger partial charge on any atom is 0.0244 e. The number of hydrogen-bond acceptors (Lipinski definition) is 2. The molecule has 1 saturated heterocycles. The number of benzene rings is 1. The third-order valence-electron chi connectivity index (χ3n) is 4.28. The lowest BCUT2D eigenvalue weighted by Gasteiger charge is -2.44. The Bertz CT molecular complexity index is 380. The number of piperazine rings is 1. The third-order valence-corrected chi connectivity index (χ3v) is 4.28. The first-order valence-corrected chi connectivity index (χ1v) is 7.48. The van der Waals surface area contributed by atoms with E-state index in [1.54, 1.807) is 0 Å². The summed E-state index contributed by atoms with van der Waals surface area (Å²) in [4.78, 5) is 2.64. The predicted octanol–water partition coefficient (Wildman–Crippen LogP) is 2.94. The van der Waals surface area contributed by atoms with E-state index in [-0.39, 0.29) is 0 Å². The first-order chi connectivity index (χ1) is 8.97. The van der Waals surface area contributed by atoms with Crippen LogP contribution in [0.2, 0.25) is 0 Å². The second-order valence-electron chi connectivity index (χ2n) is 6.91. The molecule has 2 atom stereocenters. The van der Waals surface area contributed by atoms with Gasteiger partial charge < -0.3 is 5.32 Å². The van der Waals surface area contributed by atoms with Crippen LogP contribution < -0.4 is 5.32 Å². The topological polar surface area (TPSA) is 15.3 Å². The van der Waals surface area contributed by atoms with Gasteiger partial charge in [0.15, 0.2) is 0 Å². The Labute approximate surface area is 118 Å². The van der Waals surface area contributed by atoms with E-state index in [1.165, 1.54) is 12.1 Å². The van der Waals surface area contributed by atoms with Crippen molar-refractivity contribution in [2.75, 3.05) is 19.6 Å². The average Bonchev–Trinajstić information content (AvgIpc) is 2.37. The SMILES string of the molecule is CC1CNC(C(C)(C)C)CN1CCc1ccccc1. The van der Waals surface area contributed by atoms with Gasteiger partial charge in [0.2, 0.25) is 0 Å². The number of rotatable bonds is 3. The highest BCUT2D eigenvalue weighted by molar-refractivity contribution is 5.15. The van der Waals surface area contributed by atoms with Crippen molar-refractivity contribution in [1.29, 1.82) is 0 Å². The lowest BCUT2D eigenvalue weighted by molar-refractivity contribution is 0.0948. The van der Waals surface area contributed by atoms with Crippen LogP contribution in [0.25, 0.3) is 0 Å². The second kappa shape index (κ2) is 6.06. The molecule has 1 heterocycles. The molecule has 2 rings (SSSR count). The molecule has 0 amide bonds. The molecule has 1 aliphatic rings. The molecule has 2 nitrogen and oxygen atoms in total. The van der Waals surface area contributed by atoms with Crippen LogP contribution in [0.5, 0.6) is 0 Å². The highest BCUT2D eigenvalue weighted by atomic mass is 15.2. The molecule has 1 N–H and O–H groups in total. The molecule has 106 valence electrons. The van der Waals surface area contributed by atoms with Crippen molar-refractivity contribution >= 4 is 0 Å². The summed E-state index contributed by atoms with van der Waals surface area (Å²) in [5.74, 6) is 0. The van der Waals surface area contributed by atoms with Crippen LogP contribution in [-0.4, -0.2) is 36.6 Å². The highest BCUT2D eigenvalue weighted by Gasteiger charge is 2.31. The fraction of sp³-hybridized carbons (Fsp3) is 0.647. The molecule has 0 aromatic heterocycles. The minimum atomic E-state index is 0.338. The number of nitrogens with one attached hydrogen (secondary N) is 1. The van der Waals surface area contributed by atoms with Crippen LogP contribution in [-0.2, 0) is 6.42 Å². The molecule has 0 bridgehead atoms. The van der Waals surface area contributed by atoms with E-state index in [9.17, 15) is 0 Å². The van der Waals surface area contributed by atoms with Gasteiger partial charge in [-0.2, -0.15) is 0 Å². The van der Waals surface area contributed by atoms with Crippen molar-refractivity contribution in [3.05, 3.63) is 35.9 Å². The lowest BCUT2D eigenvalue weighted by atomic mass is 9.84. The van der Waals surface area contributed by atoms with Gasteiger partial charge in [-0.15, -0.1) is 0 Å². The first-order valence-electron chi connectivity index (χ1n) is 7.48. The van der Waals surface area contributed by atoms with Crippen molar-refractivity contribution in [1.82, 2.24) is 10.2 Å². The van der Waals surface area contributed by atoms with Gasteiger partial charge in [0, 0.05) is 31.7 Å². The van der Waals surface area contributed by atoms with E-state index >= 15 is 0 Å². The molecule has 1 aliphatic heterocycles. The Hall–Kier alpha value is -0.860. The Balaban J connectivity index is 1.91. The predicted molar refractivity (Wildman–Crippen MR) is 82.4 cm³/mol. The van der Waals surface area contributed by atoms with Crippen LogP contribution in [0.15, 0.2) is 30.3 Å². The number of hydrogen-bond donors (Lipinski definition) is 1. The molecule has 19 heavy (non-hydrogen) atoms. The molecular formula is C17H28N2. The summed E-state index contributed by atoms with van der Waals surface area (Å²) in [5.41, 5.74) is 1.78. The molecule has 0 radical (unpaired) electrons. The second-order valence-corrected chi connectivity index (χ2v) is 6.91. The Kier molecular flexibility index (Phi) is 4.64. The van der Waals surface area contributed by atoms with Crippen molar-refractivity contribution in [3.63, 3.8) is 0 Å². The molecule has 0 saturated carbocycles. The Morgan fingerprint density at radius 3 is 2.53 bits per heavy atom. The smallest absolute Gasteiger partial charge is 0.0244 e. The van der Waals surface area contributed by atoms with Crippen LogP contribution in [0.3, 0.4) is 0 Å². The summed E-state index contributed by atoms with van der Waals surface area (Å²) in [6.45, 7) is 12.8. The van der Waals surface area contributed by atoms with E-state index in [0.29, 0.717) is 17.5 Å². The maximum atomic E-state index is 3.70. The van der Waals surface area contributed by atoms with Crippen LogP contribution in [0.4, 0.5) is 0 Å². The average molecular weight is 260 g/mol. The van der Waals surface area contributed by atoms with Gasteiger partial charge in [-0.3, -0.25) is 4.90 Å². The molecule has 2 heteroatoms. The molecule has 1 aromatic carbocycles. The molecule has 1 aromatic rings. The standard InChI is InChI=1S/C17H28N2/c1-14-12-18-16(17(2,3)4)13-19(14)11-10-15-8-6-5-7-9-15/h5-9,14,16,18H,10-13H2,1-4H3. The summed E-state index contributed by atoms with van der Waals surface area (Å²) in [5, 5.41) is 3.70. The molecule has 2 unspecified atom stereocenters. The van der Waals surface area contributed by atoms with Crippen LogP contribution >= 0.6 is 0 Å². The fourth-order valence-corrected chi connectivity index (χ4v) is 2.73. The van der Waals surface area contributed by atoms with E-state index in [1.807, 2.05) is 0 Å². The number of nitrogens with zero attached hydrogens (tertiary/aromatic N) is 1. The normalized spacial score (nSPS) is 25.5. The van der Waals surface area contributed by atoms with Crippen molar-refractivity contribution < 1.29 is 0 Å². The van der Waals surface area contributed by atoms with Gasteiger partial charge >= 0.3 is 0 Å². The van der Waals surface area contributed by atoms with Crippen LogP contribution in [0.1, 0.15) is 33.3 Å². The van der Waals surface area contributed by atoms with Gasteiger partial charge in [-0.25, -0.2) is 0 Å². The minimum Gasteiger partial charge on any atom is -0.311 e. The zero-order valence-electron chi connectivity index (χ0n) is 12.8. The van der Waals surface area contributed by atoms with Crippen LogP contribution in [0, 0.1) is 5.41 Å².